The Kier molecular flexibility index (Phi) is 5.55. The molecule has 2 aromatic carbocycles. The maximum atomic E-state index is 11.5. The molecule has 0 aliphatic heterocycles. The van der Waals surface area contributed by atoms with Gasteiger partial charge in [-0.25, -0.2) is 4.79 Å². The van der Waals surface area contributed by atoms with Crippen molar-refractivity contribution in [3.63, 3.8) is 0 Å². The third-order valence-electron chi connectivity index (χ3n) is 3.71. The Hall–Kier alpha value is -2.83. The molecule has 0 amide bonds. The molecule has 0 aliphatic rings. The molecule has 0 bridgehead atoms. The molecular formula is C19H17ClN2O4. The molecule has 2 N–H and O–H groups in total. The van der Waals surface area contributed by atoms with E-state index in [0.717, 1.165) is 5.56 Å². The van der Waals surface area contributed by atoms with Crippen molar-refractivity contribution in [3.05, 3.63) is 71.4 Å². The van der Waals surface area contributed by atoms with E-state index in [-0.39, 0.29) is 18.8 Å². The minimum Gasteiger partial charge on any atom is -0.491 e. The van der Waals surface area contributed by atoms with Crippen molar-refractivity contribution in [1.82, 2.24) is 9.78 Å². The van der Waals surface area contributed by atoms with Gasteiger partial charge in [-0.05, 0) is 30.3 Å². The van der Waals surface area contributed by atoms with Gasteiger partial charge in [0.1, 0.15) is 24.2 Å². The SMILES string of the molecule is O=C(O)c1cc(-c2ccc(Cl)cc2)nn1CC(O)COc1ccccc1. The van der Waals surface area contributed by atoms with Crippen LogP contribution in [-0.4, -0.2) is 38.7 Å². The van der Waals surface area contributed by atoms with Crippen LogP contribution in [0.1, 0.15) is 10.5 Å². The van der Waals surface area contributed by atoms with Crippen LogP contribution in [0.2, 0.25) is 5.02 Å². The Morgan fingerprint density at radius 1 is 1.15 bits per heavy atom. The minimum absolute atomic E-state index is 0.00204. The number of nitrogens with zero attached hydrogens (tertiary/aromatic N) is 2. The third kappa shape index (κ3) is 4.41. The number of carboxylic acids is 1. The van der Waals surface area contributed by atoms with Crippen molar-refractivity contribution in [2.75, 3.05) is 6.61 Å². The van der Waals surface area contributed by atoms with E-state index in [4.69, 9.17) is 16.3 Å². The lowest BCUT2D eigenvalue weighted by molar-refractivity contribution is 0.0659. The molecule has 1 unspecified atom stereocenters. The standard InChI is InChI=1S/C19H17ClN2O4/c20-14-8-6-13(7-9-14)17-10-18(19(24)25)22(21-17)11-15(23)12-26-16-4-2-1-3-5-16/h1-10,15,23H,11-12H2,(H,24,25). The summed E-state index contributed by atoms with van der Waals surface area (Å²) in [6.07, 6.45) is -0.911. The summed E-state index contributed by atoms with van der Waals surface area (Å²) in [7, 11) is 0. The second-order valence-corrected chi connectivity index (χ2v) is 6.12. The summed E-state index contributed by atoms with van der Waals surface area (Å²) in [6, 6.07) is 17.5. The molecule has 1 aromatic heterocycles. The Bertz CT molecular complexity index is 878. The van der Waals surface area contributed by atoms with Gasteiger partial charge in [0.2, 0.25) is 0 Å². The largest absolute Gasteiger partial charge is 0.491 e. The van der Waals surface area contributed by atoms with Crippen molar-refractivity contribution in [3.8, 4) is 17.0 Å². The van der Waals surface area contributed by atoms with Gasteiger partial charge in [0.05, 0.1) is 12.2 Å². The quantitative estimate of drug-likeness (QED) is 0.664. The number of rotatable bonds is 7. The van der Waals surface area contributed by atoms with Gasteiger partial charge in [-0.2, -0.15) is 5.10 Å². The van der Waals surface area contributed by atoms with E-state index in [1.165, 1.54) is 10.7 Å². The zero-order chi connectivity index (χ0) is 18.5. The minimum atomic E-state index is -1.12. The van der Waals surface area contributed by atoms with E-state index < -0.39 is 12.1 Å². The molecule has 7 heteroatoms. The first-order valence-corrected chi connectivity index (χ1v) is 8.34. The molecule has 0 spiro atoms. The molecule has 0 saturated heterocycles. The highest BCUT2D eigenvalue weighted by atomic mass is 35.5. The summed E-state index contributed by atoms with van der Waals surface area (Å²) in [5.74, 6) is -0.485. The molecule has 1 atom stereocenters. The lowest BCUT2D eigenvalue weighted by Gasteiger charge is -2.13. The van der Waals surface area contributed by atoms with Gasteiger partial charge < -0.3 is 14.9 Å². The van der Waals surface area contributed by atoms with E-state index in [1.54, 1.807) is 36.4 Å². The van der Waals surface area contributed by atoms with Crippen molar-refractivity contribution in [1.29, 1.82) is 0 Å². The topological polar surface area (TPSA) is 84.6 Å². The summed E-state index contributed by atoms with van der Waals surface area (Å²) in [6.45, 7) is 0.0290. The van der Waals surface area contributed by atoms with E-state index in [2.05, 4.69) is 5.10 Å². The summed E-state index contributed by atoms with van der Waals surface area (Å²) in [4.78, 5) is 11.5. The highest BCUT2D eigenvalue weighted by Crippen LogP contribution is 2.22. The number of aliphatic hydroxyl groups excluding tert-OH is 1. The molecule has 3 rings (SSSR count). The molecule has 0 saturated carbocycles. The number of ether oxygens (including phenoxy) is 1. The van der Waals surface area contributed by atoms with Gasteiger partial charge >= 0.3 is 5.97 Å². The molecule has 0 radical (unpaired) electrons. The maximum Gasteiger partial charge on any atom is 0.354 e. The first-order chi connectivity index (χ1) is 12.5. The first kappa shape index (κ1) is 18.0. The van der Waals surface area contributed by atoms with Gasteiger partial charge in [0.15, 0.2) is 0 Å². The normalized spacial score (nSPS) is 11.9. The number of para-hydroxylation sites is 1. The molecule has 6 nitrogen and oxygen atoms in total. The summed E-state index contributed by atoms with van der Waals surface area (Å²) in [5, 5.41) is 24.5. The Morgan fingerprint density at radius 2 is 1.85 bits per heavy atom. The number of aromatic carboxylic acids is 1. The monoisotopic (exact) mass is 372 g/mol. The second-order valence-electron chi connectivity index (χ2n) is 5.69. The average molecular weight is 373 g/mol. The van der Waals surface area contributed by atoms with Crippen LogP contribution >= 0.6 is 11.6 Å². The van der Waals surface area contributed by atoms with Crippen molar-refractivity contribution < 1.29 is 19.7 Å². The van der Waals surface area contributed by atoms with Crippen LogP contribution in [0.25, 0.3) is 11.3 Å². The van der Waals surface area contributed by atoms with Gasteiger partial charge in [-0.1, -0.05) is 41.9 Å². The van der Waals surface area contributed by atoms with E-state index in [0.29, 0.717) is 16.5 Å². The number of halogens is 1. The molecule has 134 valence electrons. The second kappa shape index (κ2) is 8.03. The summed E-state index contributed by atoms with van der Waals surface area (Å²) in [5.41, 5.74) is 1.23. The Labute approximate surface area is 155 Å². The van der Waals surface area contributed by atoms with Gasteiger partial charge in [-0.3, -0.25) is 4.68 Å². The molecule has 0 fully saturated rings. The number of benzene rings is 2. The third-order valence-corrected chi connectivity index (χ3v) is 3.96. The van der Waals surface area contributed by atoms with Crippen LogP contribution in [0.3, 0.4) is 0 Å². The number of hydrogen-bond acceptors (Lipinski definition) is 4. The van der Waals surface area contributed by atoms with Gasteiger partial charge in [-0.15, -0.1) is 0 Å². The van der Waals surface area contributed by atoms with Crippen molar-refractivity contribution in [2.24, 2.45) is 0 Å². The van der Waals surface area contributed by atoms with E-state index in [9.17, 15) is 15.0 Å². The number of carboxylic acid groups (broad SMARTS) is 1. The molecular weight excluding hydrogens is 356 g/mol. The number of aliphatic hydroxyl groups is 1. The molecule has 0 aliphatic carbocycles. The fourth-order valence-corrected chi connectivity index (χ4v) is 2.58. The molecule has 3 aromatic rings. The maximum absolute atomic E-state index is 11.5. The predicted octanol–water partition coefficient (Wildman–Crippen LogP) is 3.34. The lowest BCUT2D eigenvalue weighted by atomic mass is 10.1. The van der Waals surface area contributed by atoms with Crippen molar-refractivity contribution in [2.45, 2.75) is 12.6 Å². The van der Waals surface area contributed by atoms with Crippen LogP contribution in [0, 0.1) is 0 Å². The number of carbonyl (C=O) groups is 1. The van der Waals surface area contributed by atoms with E-state index >= 15 is 0 Å². The first-order valence-electron chi connectivity index (χ1n) is 7.96. The molecule has 1 heterocycles. The summed E-state index contributed by atoms with van der Waals surface area (Å²) < 4.78 is 6.76. The van der Waals surface area contributed by atoms with Gasteiger partial charge in [0.25, 0.3) is 0 Å². The Morgan fingerprint density at radius 3 is 2.50 bits per heavy atom. The predicted molar refractivity (Wildman–Crippen MR) is 97.6 cm³/mol. The van der Waals surface area contributed by atoms with E-state index in [1.807, 2.05) is 18.2 Å². The smallest absolute Gasteiger partial charge is 0.354 e. The number of hydrogen-bond donors (Lipinski definition) is 2. The van der Waals surface area contributed by atoms with Crippen LogP contribution in [0.4, 0.5) is 0 Å². The fraction of sp³-hybridized carbons (Fsp3) is 0.158. The van der Waals surface area contributed by atoms with Gasteiger partial charge in [0, 0.05) is 10.6 Å². The lowest BCUT2D eigenvalue weighted by Crippen LogP contribution is -2.26. The van der Waals surface area contributed by atoms with Crippen molar-refractivity contribution >= 4 is 17.6 Å². The zero-order valence-corrected chi connectivity index (χ0v) is 14.5. The summed E-state index contributed by atoms with van der Waals surface area (Å²) >= 11 is 5.87. The van der Waals surface area contributed by atoms with Crippen LogP contribution in [0.15, 0.2) is 60.7 Å². The van der Waals surface area contributed by atoms with Crippen LogP contribution in [0.5, 0.6) is 5.75 Å². The number of aromatic nitrogens is 2. The fourth-order valence-electron chi connectivity index (χ4n) is 2.45. The zero-order valence-electron chi connectivity index (χ0n) is 13.7. The highest BCUT2D eigenvalue weighted by Gasteiger charge is 2.18. The molecule has 26 heavy (non-hydrogen) atoms. The highest BCUT2D eigenvalue weighted by molar-refractivity contribution is 6.30. The average Bonchev–Trinajstić information content (AvgIpc) is 3.05. The van der Waals surface area contributed by atoms with Crippen LogP contribution in [-0.2, 0) is 6.54 Å². The van der Waals surface area contributed by atoms with Crippen LogP contribution < -0.4 is 4.74 Å². The Balaban J connectivity index is 1.73.